The summed E-state index contributed by atoms with van der Waals surface area (Å²) in [6.45, 7) is 8.08. The van der Waals surface area contributed by atoms with Gasteiger partial charge in [0, 0.05) is 0 Å². The predicted molar refractivity (Wildman–Crippen MR) is 276 cm³/mol. The lowest BCUT2D eigenvalue weighted by Gasteiger charge is -2.61. The van der Waals surface area contributed by atoms with Crippen molar-refractivity contribution in [2.75, 3.05) is 13.2 Å². The molecule has 1 aromatic heterocycles. The summed E-state index contributed by atoms with van der Waals surface area (Å²) in [5.74, 6) is 4.20. The van der Waals surface area contributed by atoms with Gasteiger partial charge in [0.2, 0.25) is 0 Å². The van der Waals surface area contributed by atoms with Crippen molar-refractivity contribution in [2.45, 2.75) is 186 Å². The number of rotatable bonds is 27. The van der Waals surface area contributed by atoms with E-state index in [-0.39, 0.29) is 23.8 Å². The van der Waals surface area contributed by atoms with Gasteiger partial charge in [-0.05, 0) is 110 Å². The molecule has 0 spiro atoms. The highest BCUT2D eigenvalue weighted by molar-refractivity contribution is 7.82. The van der Waals surface area contributed by atoms with Crippen molar-refractivity contribution in [1.82, 2.24) is 15.0 Å². The van der Waals surface area contributed by atoms with Crippen LogP contribution in [0.3, 0.4) is 0 Å². The van der Waals surface area contributed by atoms with Crippen molar-refractivity contribution in [3.8, 4) is 0 Å². The molecule has 1 aromatic rings. The second kappa shape index (κ2) is 26.1. The number of nitrogens with zero attached hydrogens (tertiary/aromatic N) is 3. The molecule has 7 rings (SSSR count). The average Bonchev–Trinajstić information content (AvgIpc) is 1.35. The van der Waals surface area contributed by atoms with Crippen LogP contribution in [0.4, 0.5) is 0 Å². The Kier molecular flexibility index (Phi) is 21.6. The van der Waals surface area contributed by atoms with E-state index in [0.29, 0.717) is 64.4 Å². The summed E-state index contributed by atoms with van der Waals surface area (Å²) >= 11 is 0. The summed E-state index contributed by atoms with van der Waals surface area (Å²) in [5.41, 5.74) is 0.330. The summed E-state index contributed by atoms with van der Waals surface area (Å²) in [5, 5.41) is 7.86. The Morgan fingerprint density at radius 1 is 0.583 bits per heavy atom. The van der Waals surface area contributed by atoms with Crippen molar-refractivity contribution in [1.29, 1.82) is 0 Å². The van der Waals surface area contributed by atoms with Crippen molar-refractivity contribution in [2.24, 2.45) is 52.3 Å². The number of aromatic nitrogens is 3. The second-order valence-corrected chi connectivity index (χ2v) is 30.6. The van der Waals surface area contributed by atoms with Crippen LogP contribution in [-0.2, 0) is 128 Å². The lowest BCUT2D eigenvalue weighted by atomic mass is 9.44. The minimum Gasteiger partial charge on any atom is -0.372 e. The quantitative estimate of drug-likeness (QED) is 0.0618. The van der Waals surface area contributed by atoms with Crippen LogP contribution in [0.15, 0.2) is 6.20 Å². The first-order chi connectivity index (χ1) is 38.4. The third-order valence-electron chi connectivity index (χ3n) is 17.5. The molecule has 0 radical (unpaired) electrons. The summed E-state index contributed by atoms with van der Waals surface area (Å²) in [6, 6.07) is 0. The molecule has 0 amide bonds. The summed E-state index contributed by atoms with van der Waals surface area (Å²) < 4.78 is 293. The molecule has 2 aliphatic heterocycles. The third-order valence-corrected chi connectivity index (χ3v) is 20.7. The first-order valence-corrected chi connectivity index (χ1v) is 36.0. The topological polar surface area (TPSA) is 513 Å². The largest absolute Gasteiger partial charge is 0.397 e. The van der Waals surface area contributed by atoms with Gasteiger partial charge >= 0.3 is 72.8 Å². The van der Waals surface area contributed by atoms with Gasteiger partial charge in [0.05, 0.1) is 32.1 Å². The van der Waals surface area contributed by atoms with E-state index in [4.69, 9.17) is 27.3 Å². The molecule has 4 aliphatic carbocycles. The monoisotopic (exact) mass is 1350 g/mol. The molecule has 0 aromatic carbocycles. The minimum absolute atomic E-state index is 0.0381. The van der Waals surface area contributed by atoms with Crippen molar-refractivity contribution in [3.63, 3.8) is 0 Å². The van der Waals surface area contributed by atoms with Crippen LogP contribution in [0.2, 0.25) is 0 Å². The van der Waals surface area contributed by atoms with Crippen LogP contribution >= 0.6 is 0 Å². The van der Waals surface area contributed by atoms with E-state index < -0.39 is 147 Å². The maximum absolute atomic E-state index is 12.6. The van der Waals surface area contributed by atoms with Gasteiger partial charge in [-0.2, -0.15) is 58.9 Å². The van der Waals surface area contributed by atoms with Crippen molar-refractivity contribution < 1.29 is 139 Å². The molecular formula is C42H71N3O32S7. The summed E-state index contributed by atoms with van der Waals surface area (Å²) in [7, 11) is -41.7. The normalized spacial score (nSPS) is 36.9. The van der Waals surface area contributed by atoms with E-state index in [1.54, 1.807) is 0 Å². The zero-order valence-corrected chi connectivity index (χ0v) is 51.3. The fourth-order valence-electron chi connectivity index (χ4n) is 14.3. The molecule has 4 saturated carbocycles. The molecule has 19 unspecified atom stereocenters. The van der Waals surface area contributed by atoms with Gasteiger partial charge in [0.15, 0.2) is 24.7 Å². The second-order valence-electron chi connectivity index (χ2n) is 23.2. The standard InChI is InChI=1S/C42H71N3O32S7/c1-22(2)7-6-8-23(3)28-11-12-29-27-10-9-24-17-26(13-15-41(24,4)30(27)14-16-42(28,29)5)67-19-25-18-45(44-43-25)39-37(76-83(61,62)63)35(74-81(55,56)57)33(31(70-39)20-68-78(46,47)48)72-40-38(77-84(64,65)66)36(75-82(58,59)60)34(73-80(52,53)54)32(71-40)21-69-79(49,50)51/h18,22-24,26-40H,6-17,19-21H2,1-5H3,(H,46,47,48)(H,49,50,51)(H,52,53,54)(H,55,56,57)(H,58,59,60)(H,61,62,63)(H,64,65,66). The van der Waals surface area contributed by atoms with Crippen LogP contribution in [-0.4, -0.2) is 180 Å². The number of hydrogen-bond donors (Lipinski definition) is 7. The van der Waals surface area contributed by atoms with Gasteiger partial charge in [-0.3, -0.25) is 31.9 Å². The Balaban J connectivity index is 1.16. The van der Waals surface area contributed by atoms with Gasteiger partial charge in [0.25, 0.3) is 0 Å². The lowest BCUT2D eigenvalue weighted by molar-refractivity contribution is -0.335. The molecule has 0 bridgehead atoms. The highest BCUT2D eigenvalue weighted by Gasteiger charge is 2.62. The smallest absolute Gasteiger partial charge is 0.372 e. The van der Waals surface area contributed by atoms with Gasteiger partial charge in [-0.15, -0.1) is 5.10 Å². The lowest BCUT2D eigenvalue weighted by Crippen LogP contribution is -2.66. The molecule has 3 heterocycles. The number of hydrogen-bond acceptors (Lipinski definition) is 27. The average molecular weight is 1350 g/mol. The molecule has 7 N–H and O–H groups in total. The van der Waals surface area contributed by atoms with E-state index in [9.17, 15) is 90.8 Å². The molecule has 488 valence electrons. The summed E-state index contributed by atoms with van der Waals surface area (Å²) in [4.78, 5) is 0. The molecule has 42 heteroatoms. The number of ether oxygens (including phenoxy) is 4. The summed E-state index contributed by atoms with van der Waals surface area (Å²) in [6.07, 6.45) is -15.9. The van der Waals surface area contributed by atoms with E-state index in [1.165, 1.54) is 38.5 Å². The van der Waals surface area contributed by atoms with Crippen molar-refractivity contribution in [3.05, 3.63) is 11.9 Å². The molecule has 2 saturated heterocycles. The SMILES string of the molecule is CC(C)CCCC(C)C1CCC2C3CCC4CC(OCc5cn(C6OC(COS(=O)(=O)O)C(OC7OC(COS(=O)(=O)O)C(OS(=O)(=O)O)C(OS(=O)(=O)O)C7OS(=O)(=O)O)C(OS(=O)(=O)O)C6OS(=O)(=O)O)nn5)CCC4(C)C3CCC12C. The Morgan fingerprint density at radius 3 is 1.65 bits per heavy atom. The van der Waals surface area contributed by atoms with E-state index in [2.05, 4.69) is 65.8 Å². The first-order valence-electron chi connectivity index (χ1n) is 26.4. The Hall–Kier alpha value is -1.93. The molecule has 6 fully saturated rings. The highest BCUT2D eigenvalue weighted by atomic mass is 32.3. The van der Waals surface area contributed by atoms with Gasteiger partial charge in [-0.1, -0.05) is 59.1 Å². The van der Waals surface area contributed by atoms with E-state index in [0.717, 1.165) is 31.9 Å². The highest BCUT2D eigenvalue weighted by Crippen LogP contribution is 2.68. The van der Waals surface area contributed by atoms with E-state index >= 15 is 0 Å². The molecule has 19 atom stereocenters. The van der Waals surface area contributed by atoms with Gasteiger partial charge in [0.1, 0.15) is 42.3 Å². The van der Waals surface area contributed by atoms with Crippen LogP contribution in [0.1, 0.15) is 124 Å². The molecular weight excluding hydrogens is 1280 g/mol. The van der Waals surface area contributed by atoms with Gasteiger partial charge in [-0.25, -0.2) is 34.0 Å². The molecule has 35 nitrogen and oxygen atoms in total. The molecule has 6 aliphatic rings. The maximum atomic E-state index is 12.6. The minimum atomic E-state index is -6.16. The predicted octanol–water partition coefficient (Wildman–Crippen LogP) is 1.87. The first kappa shape index (κ1) is 69.5. The number of fused-ring (bicyclic) bond motifs is 5. The zero-order chi connectivity index (χ0) is 62.6. The molecule has 84 heavy (non-hydrogen) atoms. The van der Waals surface area contributed by atoms with Crippen LogP contribution in [0.5, 0.6) is 0 Å². The Bertz CT molecular complexity index is 3280. The third kappa shape index (κ3) is 18.4. The van der Waals surface area contributed by atoms with Crippen molar-refractivity contribution >= 4 is 72.8 Å². The fraction of sp³-hybridized carbons (Fsp3) is 0.952. The van der Waals surface area contributed by atoms with Crippen LogP contribution in [0.25, 0.3) is 0 Å². The Labute approximate surface area is 487 Å². The van der Waals surface area contributed by atoms with E-state index in [1.807, 2.05) is 0 Å². The fourth-order valence-corrected chi connectivity index (χ4v) is 17.4. The Morgan fingerprint density at radius 2 is 1.10 bits per heavy atom. The van der Waals surface area contributed by atoms with Crippen LogP contribution < -0.4 is 0 Å². The van der Waals surface area contributed by atoms with Crippen LogP contribution in [0, 0.1) is 52.3 Å². The van der Waals surface area contributed by atoms with Gasteiger partial charge < -0.3 is 18.9 Å². The zero-order valence-electron chi connectivity index (χ0n) is 45.6. The maximum Gasteiger partial charge on any atom is 0.397 e.